The predicted molar refractivity (Wildman–Crippen MR) is 134 cm³/mol. The topological polar surface area (TPSA) is 127 Å². The average molecular weight is 544 g/mol. The third kappa shape index (κ3) is 5.76. The molecule has 0 bridgehead atoms. The predicted octanol–water partition coefficient (Wildman–Crippen LogP) is 3.78. The number of halogens is 4. The quantitative estimate of drug-likeness (QED) is 0.257. The van der Waals surface area contributed by atoms with Crippen molar-refractivity contribution in [3.63, 3.8) is 0 Å². The van der Waals surface area contributed by atoms with Crippen molar-refractivity contribution in [2.24, 2.45) is 14.1 Å². The molecule has 0 spiro atoms. The van der Waals surface area contributed by atoms with Crippen molar-refractivity contribution in [1.82, 2.24) is 39.0 Å². The molecule has 10 nitrogen and oxygen atoms in total. The van der Waals surface area contributed by atoms with E-state index >= 15 is 0 Å². The van der Waals surface area contributed by atoms with E-state index in [2.05, 4.69) is 29.9 Å². The first-order valence-electron chi connectivity index (χ1n) is 9.61. The summed E-state index contributed by atoms with van der Waals surface area (Å²) in [6.07, 6.45) is 0. The van der Waals surface area contributed by atoms with E-state index in [0.29, 0.717) is 34.0 Å². The molecule has 0 aliphatic carbocycles. The van der Waals surface area contributed by atoms with Gasteiger partial charge in [0.1, 0.15) is 11.6 Å². The summed E-state index contributed by atoms with van der Waals surface area (Å²) in [7, 11) is 3.41. The minimum atomic E-state index is -0.314. The van der Waals surface area contributed by atoms with E-state index in [-0.39, 0.29) is 33.4 Å². The number of imidazole rings is 2. The van der Waals surface area contributed by atoms with Gasteiger partial charge in [-0.05, 0) is 23.2 Å². The van der Waals surface area contributed by atoms with Crippen molar-refractivity contribution in [3.05, 3.63) is 79.3 Å². The molecular weight excluding hydrogens is 526 g/mol. The highest BCUT2D eigenvalue weighted by atomic mass is 35.5. The monoisotopic (exact) mass is 542 g/mol. The van der Waals surface area contributed by atoms with Crippen molar-refractivity contribution in [1.29, 1.82) is 0 Å². The molecule has 34 heavy (non-hydrogen) atoms. The van der Waals surface area contributed by atoms with Crippen LogP contribution in [0, 0.1) is 0 Å². The Labute approximate surface area is 212 Å². The maximum absolute atomic E-state index is 11.5. The van der Waals surface area contributed by atoms with Crippen molar-refractivity contribution >= 4 is 68.7 Å². The highest BCUT2D eigenvalue weighted by molar-refractivity contribution is 6.28. The Bertz CT molecular complexity index is 1400. The Morgan fingerprint density at radius 2 is 1.00 bits per heavy atom. The zero-order chi connectivity index (χ0) is 24.8. The molecule has 4 aromatic heterocycles. The number of hydrogen-bond acceptors (Lipinski definition) is 6. The molecule has 5 rings (SSSR count). The van der Waals surface area contributed by atoms with E-state index in [1.54, 1.807) is 23.2 Å². The number of aromatic nitrogens is 8. The molecule has 0 atom stereocenters. The zero-order valence-corrected chi connectivity index (χ0v) is 20.9. The summed E-state index contributed by atoms with van der Waals surface area (Å²) in [5.74, 6) is 1.62. The van der Waals surface area contributed by atoms with Crippen molar-refractivity contribution < 1.29 is 0 Å². The Kier molecular flexibility index (Phi) is 8.67. The van der Waals surface area contributed by atoms with Crippen LogP contribution in [0.15, 0.2) is 46.0 Å². The van der Waals surface area contributed by atoms with Gasteiger partial charge in [0.25, 0.3) is 11.1 Å². The van der Waals surface area contributed by atoms with Gasteiger partial charge < -0.3 is 9.13 Å². The number of rotatable bonds is 2. The smallest absolute Gasteiger partial charge is 0.278 e. The number of benzene rings is 1. The molecule has 14 heteroatoms. The van der Waals surface area contributed by atoms with Crippen LogP contribution in [0.3, 0.4) is 0 Å². The Balaban J connectivity index is 0.000000154. The standard InChI is InChI=1S/2C7H6Cl2N4O.C6H6/c2*1-13-3(2-8)10-5-4(13)6(14)12-7(9)11-5;1-2-4-6-5-3-1/h2*2H2,1H3,(H,11,12,14);1-6H. The second kappa shape index (κ2) is 11.5. The fourth-order valence-electron chi connectivity index (χ4n) is 2.89. The molecule has 0 fully saturated rings. The van der Waals surface area contributed by atoms with Crippen LogP contribution in [0.4, 0.5) is 0 Å². The van der Waals surface area contributed by atoms with Gasteiger partial charge in [-0.25, -0.2) is 9.97 Å². The highest BCUT2D eigenvalue weighted by Crippen LogP contribution is 2.12. The molecule has 4 heterocycles. The lowest BCUT2D eigenvalue weighted by Crippen LogP contribution is -2.11. The van der Waals surface area contributed by atoms with Gasteiger partial charge in [0.05, 0.1) is 11.8 Å². The lowest BCUT2D eigenvalue weighted by molar-refractivity contribution is 0.868. The van der Waals surface area contributed by atoms with Gasteiger partial charge in [0.2, 0.25) is 10.6 Å². The molecule has 0 radical (unpaired) electrons. The number of nitrogens with one attached hydrogen (secondary N) is 2. The number of alkyl halides is 2. The maximum atomic E-state index is 11.5. The fourth-order valence-corrected chi connectivity index (χ4v) is 3.70. The molecule has 5 aromatic rings. The lowest BCUT2D eigenvalue weighted by Gasteiger charge is -1.95. The molecule has 0 unspecified atom stereocenters. The van der Waals surface area contributed by atoms with Gasteiger partial charge in [-0.3, -0.25) is 19.6 Å². The fraction of sp³-hybridized carbons (Fsp3) is 0.200. The van der Waals surface area contributed by atoms with Crippen LogP contribution in [0.5, 0.6) is 0 Å². The van der Waals surface area contributed by atoms with Crippen LogP contribution >= 0.6 is 46.4 Å². The van der Waals surface area contributed by atoms with Crippen LogP contribution in [0.1, 0.15) is 11.6 Å². The minimum absolute atomic E-state index is 0.0294. The van der Waals surface area contributed by atoms with E-state index in [9.17, 15) is 9.59 Å². The van der Waals surface area contributed by atoms with Crippen molar-refractivity contribution in [2.45, 2.75) is 11.8 Å². The SMILES string of the molecule is Cn1c(CCl)nc2nc(Cl)[nH]c(=O)c21.Cn1c(CCl)nc2nc(Cl)[nH]c(=O)c21.c1ccccc1. The molecule has 0 aliphatic heterocycles. The third-order valence-electron chi connectivity index (χ3n) is 4.52. The van der Waals surface area contributed by atoms with Crippen molar-refractivity contribution in [2.75, 3.05) is 0 Å². The Hall–Kier alpha value is -2.92. The lowest BCUT2D eigenvalue weighted by atomic mass is 10.4. The first kappa shape index (κ1) is 25.7. The first-order chi connectivity index (χ1) is 16.3. The summed E-state index contributed by atoms with van der Waals surface area (Å²) in [6.45, 7) is 0. The van der Waals surface area contributed by atoms with E-state index in [1.807, 2.05) is 36.4 Å². The van der Waals surface area contributed by atoms with E-state index in [1.165, 1.54) is 0 Å². The summed E-state index contributed by atoms with van der Waals surface area (Å²) in [5, 5.41) is 0.0587. The molecular formula is C20H18Cl4N8O2. The molecule has 1 aromatic carbocycles. The van der Waals surface area contributed by atoms with E-state index in [0.717, 1.165) is 0 Å². The van der Waals surface area contributed by atoms with Crippen LogP contribution in [-0.4, -0.2) is 39.0 Å². The maximum Gasteiger partial charge on any atom is 0.278 e. The molecule has 0 aliphatic rings. The molecule has 178 valence electrons. The van der Waals surface area contributed by atoms with Crippen LogP contribution < -0.4 is 11.1 Å². The van der Waals surface area contributed by atoms with Crippen LogP contribution in [-0.2, 0) is 25.9 Å². The first-order valence-corrected chi connectivity index (χ1v) is 11.4. The number of hydrogen-bond donors (Lipinski definition) is 2. The molecule has 0 saturated carbocycles. The number of aromatic amines is 2. The number of fused-ring (bicyclic) bond motifs is 2. The number of nitrogens with zero attached hydrogens (tertiary/aromatic N) is 6. The zero-order valence-electron chi connectivity index (χ0n) is 17.9. The summed E-state index contributed by atoms with van der Waals surface area (Å²) in [5.41, 5.74) is 0.765. The summed E-state index contributed by atoms with van der Waals surface area (Å²) in [4.78, 5) is 43.6. The van der Waals surface area contributed by atoms with Gasteiger partial charge >= 0.3 is 0 Å². The second-order valence-corrected chi connectivity index (χ2v) is 7.90. The van der Waals surface area contributed by atoms with Crippen LogP contribution in [0.25, 0.3) is 22.3 Å². The molecule has 0 amide bonds. The van der Waals surface area contributed by atoms with E-state index < -0.39 is 0 Å². The second-order valence-electron chi connectivity index (χ2n) is 6.65. The summed E-state index contributed by atoms with van der Waals surface area (Å²) >= 11 is 22.4. The van der Waals surface area contributed by atoms with Crippen molar-refractivity contribution in [3.8, 4) is 0 Å². The van der Waals surface area contributed by atoms with Gasteiger partial charge in [0, 0.05) is 14.1 Å². The summed E-state index contributed by atoms with van der Waals surface area (Å²) < 4.78 is 3.20. The summed E-state index contributed by atoms with van der Waals surface area (Å²) in [6, 6.07) is 12.0. The number of aryl methyl sites for hydroxylation is 2. The van der Waals surface area contributed by atoms with Crippen LogP contribution in [0.2, 0.25) is 10.6 Å². The molecule has 2 N–H and O–H groups in total. The van der Waals surface area contributed by atoms with E-state index in [4.69, 9.17) is 46.4 Å². The Morgan fingerprint density at radius 3 is 1.29 bits per heavy atom. The third-order valence-corrected chi connectivity index (χ3v) is 5.35. The average Bonchev–Trinajstić information content (AvgIpc) is 3.31. The van der Waals surface area contributed by atoms with Gasteiger partial charge in [-0.1, -0.05) is 36.4 Å². The van der Waals surface area contributed by atoms with Gasteiger partial charge in [0.15, 0.2) is 22.3 Å². The largest absolute Gasteiger partial charge is 0.324 e. The highest BCUT2D eigenvalue weighted by Gasteiger charge is 2.13. The minimum Gasteiger partial charge on any atom is -0.324 e. The van der Waals surface area contributed by atoms with Gasteiger partial charge in [-0.15, -0.1) is 23.2 Å². The Morgan fingerprint density at radius 1 is 0.676 bits per heavy atom. The molecule has 0 saturated heterocycles. The van der Waals surface area contributed by atoms with Gasteiger partial charge in [-0.2, -0.15) is 9.97 Å². The number of H-pyrrole nitrogens is 2. The normalized spacial score (nSPS) is 10.5.